The van der Waals surface area contributed by atoms with Crippen LogP contribution in [0.5, 0.6) is 5.75 Å². The molecule has 0 spiro atoms. The number of halogens is 1. The third-order valence-electron chi connectivity index (χ3n) is 2.58. The maximum absolute atomic E-state index is 12.0. The fourth-order valence-electron chi connectivity index (χ4n) is 1.65. The molecular formula is C12H14BrNO2S2. The van der Waals surface area contributed by atoms with Gasteiger partial charge in [-0.1, -0.05) is 15.9 Å². The lowest BCUT2D eigenvalue weighted by atomic mass is 10.2. The second kappa shape index (κ2) is 6.73. The summed E-state index contributed by atoms with van der Waals surface area (Å²) < 4.78 is 0.785. The van der Waals surface area contributed by atoms with Gasteiger partial charge in [0.15, 0.2) is 0 Å². The van der Waals surface area contributed by atoms with E-state index in [0.717, 1.165) is 16.0 Å². The molecule has 6 heteroatoms. The Balaban J connectivity index is 1.92. The molecule has 1 aliphatic heterocycles. The molecule has 1 atom stereocenters. The van der Waals surface area contributed by atoms with Crippen LogP contribution >= 0.6 is 39.5 Å². The monoisotopic (exact) mass is 347 g/mol. The molecule has 1 saturated heterocycles. The van der Waals surface area contributed by atoms with Crippen molar-refractivity contribution in [2.75, 3.05) is 23.8 Å². The zero-order valence-corrected chi connectivity index (χ0v) is 12.9. The summed E-state index contributed by atoms with van der Waals surface area (Å²) in [6, 6.07) is 4.86. The van der Waals surface area contributed by atoms with Gasteiger partial charge >= 0.3 is 0 Å². The SMILES string of the molecule is O=C(NCC1CSCCS1)c1cc(Br)ccc1O. The predicted octanol–water partition coefficient (Wildman–Crippen LogP) is 2.73. The number of hydrogen-bond acceptors (Lipinski definition) is 4. The molecule has 18 heavy (non-hydrogen) atoms. The van der Waals surface area contributed by atoms with Crippen LogP contribution in [0.4, 0.5) is 0 Å². The van der Waals surface area contributed by atoms with Crippen molar-refractivity contribution in [1.29, 1.82) is 0 Å². The molecule has 2 rings (SSSR count). The Morgan fingerprint density at radius 1 is 1.50 bits per heavy atom. The molecule has 0 radical (unpaired) electrons. The zero-order valence-electron chi connectivity index (χ0n) is 9.69. The molecule has 0 saturated carbocycles. The molecule has 0 aliphatic carbocycles. The predicted molar refractivity (Wildman–Crippen MR) is 81.7 cm³/mol. The standard InChI is InChI=1S/C12H14BrNO2S2/c13-8-1-2-11(15)10(5-8)12(16)14-6-9-7-17-3-4-18-9/h1-2,5,9,15H,3-4,6-7H2,(H,14,16). The molecule has 0 aromatic heterocycles. The van der Waals surface area contributed by atoms with Gasteiger partial charge in [0.2, 0.25) is 0 Å². The molecule has 1 unspecified atom stereocenters. The van der Waals surface area contributed by atoms with Crippen molar-refractivity contribution >= 4 is 45.4 Å². The van der Waals surface area contributed by atoms with E-state index in [-0.39, 0.29) is 11.7 Å². The first-order valence-electron chi connectivity index (χ1n) is 5.63. The van der Waals surface area contributed by atoms with Gasteiger partial charge in [0.05, 0.1) is 5.56 Å². The van der Waals surface area contributed by atoms with Gasteiger partial charge in [-0.3, -0.25) is 4.79 Å². The molecule has 2 N–H and O–H groups in total. The topological polar surface area (TPSA) is 49.3 Å². The number of nitrogens with one attached hydrogen (secondary N) is 1. The molecule has 1 aliphatic rings. The van der Waals surface area contributed by atoms with E-state index in [0.29, 0.717) is 17.4 Å². The Morgan fingerprint density at radius 2 is 2.33 bits per heavy atom. The van der Waals surface area contributed by atoms with Crippen LogP contribution in [0.1, 0.15) is 10.4 Å². The highest BCUT2D eigenvalue weighted by molar-refractivity contribution is 9.10. The zero-order chi connectivity index (χ0) is 13.0. The second-order valence-corrected chi connectivity index (χ2v) is 7.41. The van der Waals surface area contributed by atoms with E-state index in [1.54, 1.807) is 12.1 Å². The van der Waals surface area contributed by atoms with Crippen molar-refractivity contribution < 1.29 is 9.90 Å². The smallest absolute Gasteiger partial charge is 0.255 e. The van der Waals surface area contributed by atoms with E-state index in [2.05, 4.69) is 21.2 Å². The molecule has 3 nitrogen and oxygen atoms in total. The van der Waals surface area contributed by atoms with Crippen LogP contribution in [-0.4, -0.2) is 40.1 Å². The van der Waals surface area contributed by atoms with Crippen LogP contribution < -0.4 is 5.32 Å². The van der Waals surface area contributed by atoms with Crippen LogP contribution in [0.3, 0.4) is 0 Å². The maximum Gasteiger partial charge on any atom is 0.255 e. The Labute approximate surface area is 123 Å². The lowest BCUT2D eigenvalue weighted by Gasteiger charge is -2.21. The first-order chi connectivity index (χ1) is 8.66. The van der Waals surface area contributed by atoms with Crippen molar-refractivity contribution in [1.82, 2.24) is 5.32 Å². The number of phenols is 1. The number of hydrogen-bond donors (Lipinski definition) is 2. The van der Waals surface area contributed by atoms with Gasteiger partial charge in [-0.25, -0.2) is 0 Å². The lowest BCUT2D eigenvalue weighted by molar-refractivity contribution is 0.0951. The minimum Gasteiger partial charge on any atom is -0.507 e. The summed E-state index contributed by atoms with van der Waals surface area (Å²) in [4.78, 5) is 12.0. The Bertz CT molecular complexity index is 436. The van der Waals surface area contributed by atoms with Gasteiger partial charge in [0.25, 0.3) is 5.91 Å². The molecule has 98 valence electrons. The summed E-state index contributed by atoms with van der Waals surface area (Å²) >= 11 is 7.12. The summed E-state index contributed by atoms with van der Waals surface area (Å²) in [6.45, 7) is 0.655. The van der Waals surface area contributed by atoms with Gasteiger partial charge in [-0.05, 0) is 18.2 Å². The Morgan fingerprint density at radius 3 is 3.06 bits per heavy atom. The fourth-order valence-corrected chi connectivity index (χ4v) is 4.62. The van der Waals surface area contributed by atoms with Gasteiger partial charge in [0.1, 0.15) is 5.75 Å². The number of rotatable bonds is 3. The first kappa shape index (κ1) is 14.1. The van der Waals surface area contributed by atoms with E-state index in [9.17, 15) is 9.90 Å². The lowest BCUT2D eigenvalue weighted by Crippen LogP contribution is -2.33. The number of thioether (sulfide) groups is 2. The van der Waals surface area contributed by atoms with E-state index in [1.165, 1.54) is 11.8 Å². The minimum absolute atomic E-state index is 0.0152. The van der Waals surface area contributed by atoms with Crippen molar-refractivity contribution in [2.45, 2.75) is 5.25 Å². The second-order valence-electron chi connectivity index (χ2n) is 3.94. The molecule has 1 aromatic rings. The number of aromatic hydroxyl groups is 1. The van der Waals surface area contributed by atoms with Gasteiger partial charge < -0.3 is 10.4 Å². The average Bonchev–Trinajstić information content (AvgIpc) is 2.40. The molecular weight excluding hydrogens is 334 g/mol. The number of amides is 1. The highest BCUT2D eigenvalue weighted by atomic mass is 79.9. The average molecular weight is 348 g/mol. The van der Waals surface area contributed by atoms with Crippen LogP contribution in [-0.2, 0) is 0 Å². The van der Waals surface area contributed by atoms with Crippen LogP contribution in [0.25, 0.3) is 0 Å². The van der Waals surface area contributed by atoms with Crippen molar-refractivity contribution in [3.63, 3.8) is 0 Å². The van der Waals surface area contributed by atoms with E-state index >= 15 is 0 Å². The summed E-state index contributed by atoms with van der Waals surface area (Å²) in [5.74, 6) is 3.22. The van der Waals surface area contributed by atoms with Crippen molar-refractivity contribution in [3.05, 3.63) is 28.2 Å². The van der Waals surface area contributed by atoms with Crippen LogP contribution in [0.15, 0.2) is 22.7 Å². The van der Waals surface area contributed by atoms with Gasteiger partial charge in [-0.15, -0.1) is 0 Å². The summed E-state index contributed by atoms with van der Waals surface area (Å²) in [5, 5.41) is 13.0. The minimum atomic E-state index is -0.218. The normalized spacial score (nSPS) is 19.5. The molecule has 1 amide bonds. The molecule has 1 heterocycles. The number of benzene rings is 1. The van der Waals surface area contributed by atoms with Crippen molar-refractivity contribution in [3.8, 4) is 5.75 Å². The van der Waals surface area contributed by atoms with Crippen LogP contribution in [0.2, 0.25) is 0 Å². The Hall–Kier alpha value is -0.330. The highest BCUT2D eigenvalue weighted by Gasteiger charge is 2.17. The summed E-state index contributed by atoms with van der Waals surface area (Å²) in [7, 11) is 0. The summed E-state index contributed by atoms with van der Waals surface area (Å²) in [5.41, 5.74) is 0.317. The third-order valence-corrected chi connectivity index (χ3v) is 5.92. The van der Waals surface area contributed by atoms with Gasteiger partial charge in [0, 0.05) is 33.5 Å². The number of carbonyl (C=O) groups excluding carboxylic acids is 1. The number of carbonyl (C=O) groups is 1. The largest absolute Gasteiger partial charge is 0.507 e. The molecule has 0 bridgehead atoms. The molecule has 1 aromatic carbocycles. The van der Waals surface area contributed by atoms with E-state index in [4.69, 9.17) is 0 Å². The van der Waals surface area contributed by atoms with E-state index in [1.807, 2.05) is 23.5 Å². The summed E-state index contributed by atoms with van der Waals surface area (Å²) in [6.07, 6.45) is 0. The van der Waals surface area contributed by atoms with Gasteiger partial charge in [-0.2, -0.15) is 23.5 Å². The quantitative estimate of drug-likeness (QED) is 0.882. The number of phenolic OH excluding ortho intramolecular Hbond substituents is 1. The molecule has 1 fully saturated rings. The fraction of sp³-hybridized carbons (Fsp3) is 0.417. The third kappa shape index (κ3) is 3.83. The van der Waals surface area contributed by atoms with Crippen LogP contribution in [0, 0.1) is 0 Å². The highest BCUT2D eigenvalue weighted by Crippen LogP contribution is 2.24. The van der Waals surface area contributed by atoms with E-state index < -0.39 is 0 Å². The Kier molecular flexibility index (Phi) is 5.26. The maximum atomic E-state index is 12.0. The first-order valence-corrected chi connectivity index (χ1v) is 8.62. The van der Waals surface area contributed by atoms with Crippen molar-refractivity contribution in [2.24, 2.45) is 0 Å².